The Balaban J connectivity index is 1.77. The first kappa shape index (κ1) is 12.5. The zero-order valence-electron chi connectivity index (χ0n) is 11.1. The van der Waals surface area contributed by atoms with Crippen molar-refractivity contribution in [3.63, 3.8) is 0 Å². The van der Waals surface area contributed by atoms with Gasteiger partial charge in [-0.2, -0.15) is 0 Å². The second-order valence-corrected chi connectivity index (χ2v) is 6.23. The predicted molar refractivity (Wildman–Crippen MR) is 77.5 cm³/mol. The maximum Gasteiger partial charge on any atom is 0.133 e. The van der Waals surface area contributed by atoms with E-state index in [0.717, 1.165) is 30.2 Å². The summed E-state index contributed by atoms with van der Waals surface area (Å²) in [5.74, 6) is 1.01. The molecule has 0 radical (unpaired) electrons. The highest BCUT2D eigenvalue weighted by Crippen LogP contribution is 2.24. The van der Waals surface area contributed by atoms with Gasteiger partial charge in [0.15, 0.2) is 0 Å². The van der Waals surface area contributed by atoms with Gasteiger partial charge < -0.3 is 5.32 Å². The topological polar surface area (TPSA) is 50.7 Å². The molecule has 0 unspecified atom stereocenters. The standard InChI is InChI=1S/C14H18N4S/c1-10-15-7-11(19-10)8-16-14-12-5-3-2-4-6-13(12)17-9-18-14/h7,9H,2-6,8H2,1H3,(H,16,17,18). The van der Waals surface area contributed by atoms with Crippen LogP contribution < -0.4 is 5.32 Å². The molecule has 2 heterocycles. The summed E-state index contributed by atoms with van der Waals surface area (Å²) in [6.45, 7) is 2.83. The van der Waals surface area contributed by atoms with Gasteiger partial charge in [-0.3, -0.25) is 0 Å². The number of hydrogen-bond donors (Lipinski definition) is 1. The molecule has 2 aromatic heterocycles. The van der Waals surface area contributed by atoms with E-state index < -0.39 is 0 Å². The maximum absolute atomic E-state index is 4.44. The molecular weight excluding hydrogens is 256 g/mol. The molecule has 0 saturated carbocycles. The fourth-order valence-corrected chi connectivity index (χ4v) is 3.24. The quantitative estimate of drug-likeness (QED) is 0.874. The lowest BCUT2D eigenvalue weighted by Gasteiger charge is -2.11. The van der Waals surface area contributed by atoms with Crippen LogP contribution in [0.15, 0.2) is 12.5 Å². The van der Waals surface area contributed by atoms with Crippen molar-refractivity contribution in [2.24, 2.45) is 0 Å². The Hall–Kier alpha value is -1.49. The van der Waals surface area contributed by atoms with Crippen LogP contribution >= 0.6 is 11.3 Å². The van der Waals surface area contributed by atoms with Crippen LogP contribution in [-0.4, -0.2) is 15.0 Å². The van der Waals surface area contributed by atoms with Crippen molar-refractivity contribution in [3.8, 4) is 0 Å². The summed E-state index contributed by atoms with van der Waals surface area (Å²) in [4.78, 5) is 14.4. The normalized spacial score (nSPS) is 14.8. The van der Waals surface area contributed by atoms with Gasteiger partial charge in [0.25, 0.3) is 0 Å². The van der Waals surface area contributed by atoms with Crippen molar-refractivity contribution in [3.05, 3.63) is 33.7 Å². The molecule has 1 aliphatic carbocycles. The van der Waals surface area contributed by atoms with E-state index in [9.17, 15) is 0 Å². The molecule has 0 saturated heterocycles. The number of aromatic nitrogens is 3. The monoisotopic (exact) mass is 274 g/mol. The van der Waals surface area contributed by atoms with Gasteiger partial charge in [0, 0.05) is 22.3 Å². The van der Waals surface area contributed by atoms with Crippen molar-refractivity contribution in [1.29, 1.82) is 0 Å². The molecule has 19 heavy (non-hydrogen) atoms. The SMILES string of the molecule is Cc1ncc(CNc2ncnc3c2CCCCC3)s1. The summed E-state index contributed by atoms with van der Waals surface area (Å²) >= 11 is 1.73. The molecule has 1 N–H and O–H groups in total. The van der Waals surface area contributed by atoms with Gasteiger partial charge in [-0.1, -0.05) is 6.42 Å². The fourth-order valence-electron chi connectivity index (χ4n) is 2.51. The highest BCUT2D eigenvalue weighted by atomic mass is 32.1. The molecule has 0 bridgehead atoms. The lowest BCUT2D eigenvalue weighted by Crippen LogP contribution is -2.07. The van der Waals surface area contributed by atoms with Gasteiger partial charge in [-0.25, -0.2) is 15.0 Å². The van der Waals surface area contributed by atoms with E-state index in [2.05, 4.69) is 20.3 Å². The second kappa shape index (κ2) is 5.65. The van der Waals surface area contributed by atoms with Gasteiger partial charge >= 0.3 is 0 Å². The van der Waals surface area contributed by atoms with E-state index >= 15 is 0 Å². The van der Waals surface area contributed by atoms with E-state index in [-0.39, 0.29) is 0 Å². The molecule has 0 amide bonds. The third kappa shape index (κ3) is 2.92. The van der Waals surface area contributed by atoms with E-state index in [1.807, 2.05) is 13.1 Å². The lowest BCUT2D eigenvalue weighted by atomic mass is 10.1. The number of hydrogen-bond acceptors (Lipinski definition) is 5. The number of rotatable bonds is 3. The Kier molecular flexibility index (Phi) is 3.73. The summed E-state index contributed by atoms with van der Waals surface area (Å²) < 4.78 is 0. The average molecular weight is 274 g/mol. The van der Waals surface area contributed by atoms with E-state index in [1.165, 1.54) is 35.4 Å². The Morgan fingerprint density at radius 1 is 1.16 bits per heavy atom. The van der Waals surface area contributed by atoms with Crippen LogP contribution in [0.4, 0.5) is 5.82 Å². The zero-order valence-corrected chi connectivity index (χ0v) is 12.0. The summed E-state index contributed by atoms with van der Waals surface area (Å²) in [6, 6.07) is 0. The van der Waals surface area contributed by atoms with Crippen LogP contribution in [0.2, 0.25) is 0 Å². The summed E-state index contributed by atoms with van der Waals surface area (Å²) in [5, 5.41) is 4.56. The van der Waals surface area contributed by atoms with E-state index in [4.69, 9.17) is 0 Å². The Labute approximate surface area is 117 Å². The van der Waals surface area contributed by atoms with E-state index in [0.29, 0.717) is 0 Å². The molecule has 2 aromatic rings. The molecular formula is C14H18N4S. The predicted octanol–water partition coefficient (Wildman–Crippen LogP) is 3.12. The highest BCUT2D eigenvalue weighted by Gasteiger charge is 2.14. The number of aryl methyl sites for hydroxylation is 2. The molecule has 0 aliphatic heterocycles. The first-order chi connectivity index (χ1) is 9.33. The molecule has 0 spiro atoms. The first-order valence-corrected chi connectivity index (χ1v) is 7.62. The van der Waals surface area contributed by atoms with Crippen LogP contribution in [0.25, 0.3) is 0 Å². The molecule has 5 heteroatoms. The molecule has 4 nitrogen and oxygen atoms in total. The minimum absolute atomic E-state index is 0.801. The molecule has 100 valence electrons. The van der Waals surface area contributed by atoms with Gasteiger partial charge in [-0.05, 0) is 32.6 Å². The Morgan fingerprint density at radius 2 is 2.05 bits per heavy atom. The van der Waals surface area contributed by atoms with Crippen molar-refractivity contribution in [2.45, 2.75) is 45.6 Å². The molecule has 3 rings (SSSR count). The Morgan fingerprint density at radius 3 is 2.89 bits per heavy atom. The van der Waals surface area contributed by atoms with Crippen molar-refractivity contribution < 1.29 is 0 Å². The number of thiazole rings is 1. The smallest absolute Gasteiger partial charge is 0.133 e. The molecule has 0 atom stereocenters. The number of anilines is 1. The first-order valence-electron chi connectivity index (χ1n) is 6.81. The van der Waals surface area contributed by atoms with Crippen molar-refractivity contribution in [2.75, 3.05) is 5.32 Å². The van der Waals surface area contributed by atoms with Gasteiger partial charge in [0.05, 0.1) is 11.6 Å². The van der Waals surface area contributed by atoms with Gasteiger partial charge in [-0.15, -0.1) is 11.3 Å². The second-order valence-electron chi connectivity index (χ2n) is 4.91. The third-order valence-corrected chi connectivity index (χ3v) is 4.39. The summed E-state index contributed by atoms with van der Waals surface area (Å²) in [6.07, 6.45) is 9.60. The minimum Gasteiger partial charge on any atom is -0.365 e. The van der Waals surface area contributed by atoms with E-state index in [1.54, 1.807) is 17.7 Å². The number of fused-ring (bicyclic) bond motifs is 1. The molecule has 0 fully saturated rings. The zero-order chi connectivity index (χ0) is 13.1. The van der Waals surface area contributed by atoms with Crippen molar-refractivity contribution >= 4 is 17.2 Å². The van der Waals surface area contributed by atoms with Crippen LogP contribution in [0, 0.1) is 6.92 Å². The van der Waals surface area contributed by atoms with Crippen LogP contribution in [0.5, 0.6) is 0 Å². The molecule has 1 aliphatic rings. The largest absolute Gasteiger partial charge is 0.365 e. The van der Waals surface area contributed by atoms with Crippen LogP contribution in [0.1, 0.15) is 40.4 Å². The lowest BCUT2D eigenvalue weighted by molar-refractivity contribution is 0.709. The fraction of sp³-hybridized carbons (Fsp3) is 0.500. The number of nitrogens with zero attached hydrogens (tertiary/aromatic N) is 3. The van der Waals surface area contributed by atoms with Crippen LogP contribution in [0.3, 0.4) is 0 Å². The third-order valence-electron chi connectivity index (χ3n) is 3.47. The van der Waals surface area contributed by atoms with Crippen LogP contribution in [-0.2, 0) is 19.4 Å². The molecule has 0 aromatic carbocycles. The van der Waals surface area contributed by atoms with Crippen molar-refractivity contribution in [1.82, 2.24) is 15.0 Å². The summed E-state index contributed by atoms with van der Waals surface area (Å²) in [5.41, 5.74) is 2.55. The van der Waals surface area contributed by atoms with Gasteiger partial charge in [0.2, 0.25) is 0 Å². The Bertz CT molecular complexity index is 564. The highest BCUT2D eigenvalue weighted by molar-refractivity contribution is 7.11. The number of nitrogens with one attached hydrogen (secondary N) is 1. The average Bonchev–Trinajstić information content (AvgIpc) is 2.69. The maximum atomic E-state index is 4.44. The van der Waals surface area contributed by atoms with Gasteiger partial charge in [0.1, 0.15) is 12.1 Å². The summed E-state index contributed by atoms with van der Waals surface area (Å²) in [7, 11) is 0. The minimum atomic E-state index is 0.801.